The van der Waals surface area contributed by atoms with E-state index in [2.05, 4.69) is 18.3 Å². The monoisotopic (exact) mass is 238 g/mol. The van der Waals surface area contributed by atoms with Crippen LogP contribution in [0.25, 0.3) is 0 Å². The molecule has 0 aromatic rings. The van der Waals surface area contributed by atoms with Crippen LogP contribution in [0.5, 0.6) is 0 Å². The van der Waals surface area contributed by atoms with Crippen LogP contribution >= 0.6 is 0 Å². The summed E-state index contributed by atoms with van der Waals surface area (Å²) in [4.78, 5) is 0. The maximum absolute atomic E-state index is 9.16. The maximum atomic E-state index is 9.16. The van der Waals surface area contributed by atoms with Crippen molar-refractivity contribution in [3.8, 4) is 6.07 Å². The van der Waals surface area contributed by atoms with Gasteiger partial charge in [0.25, 0.3) is 0 Å². The van der Waals surface area contributed by atoms with Gasteiger partial charge in [0.05, 0.1) is 12.7 Å². The van der Waals surface area contributed by atoms with Crippen LogP contribution in [0, 0.1) is 17.2 Å². The van der Waals surface area contributed by atoms with Crippen LogP contribution in [-0.4, -0.2) is 25.3 Å². The second-order valence-corrected chi connectivity index (χ2v) is 5.39. The molecule has 3 heteroatoms. The number of nitriles is 1. The zero-order valence-corrected chi connectivity index (χ0v) is 11.3. The van der Waals surface area contributed by atoms with E-state index in [4.69, 9.17) is 10.00 Å². The molecule has 0 aromatic carbocycles. The lowest BCUT2D eigenvalue weighted by molar-refractivity contribution is 0.0580. The van der Waals surface area contributed by atoms with Crippen molar-refractivity contribution >= 4 is 0 Å². The molecule has 1 fully saturated rings. The highest BCUT2D eigenvalue weighted by molar-refractivity contribution is 5.03. The normalized spacial score (nSPS) is 20.8. The molecule has 1 rings (SSSR count). The van der Waals surface area contributed by atoms with Crippen molar-refractivity contribution in [3.05, 3.63) is 0 Å². The molecule has 3 nitrogen and oxygen atoms in total. The summed E-state index contributed by atoms with van der Waals surface area (Å²) in [5.41, 5.74) is -0.523. The Morgan fingerprint density at radius 1 is 1.35 bits per heavy atom. The first-order valence-electron chi connectivity index (χ1n) is 6.94. The Bertz CT molecular complexity index is 243. The first-order valence-corrected chi connectivity index (χ1v) is 6.94. The van der Waals surface area contributed by atoms with Gasteiger partial charge in [0.15, 0.2) is 0 Å². The second-order valence-electron chi connectivity index (χ2n) is 5.39. The lowest BCUT2D eigenvalue weighted by Crippen LogP contribution is -2.45. The molecule has 1 saturated carbocycles. The van der Waals surface area contributed by atoms with Gasteiger partial charge in [0.2, 0.25) is 0 Å². The summed E-state index contributed by atoms with van der Waals surface area (Å²) in [6.45, 7) is 6.22. The van der Waals surface area contributed by atoms with E-state index in [0.717, 1.165) is 25.5 Å². The Labute approximate surface area is 106 Å². The summed E-state index contributed by atoms with van der Waals surface area (Å²) in [6.07, 6.45) is 7.71. The molecule has 1 aliphatic rings. The minimum Gasteiger partial charge on any atom is -0.378 e. The van der Waals surface area contributed by atoms with Gasteiger partial charge in [-0.3, -0.25) is 5.32 Å². The minimum absolute atomic E-state index is 0.500. The van der Waals surface area contributed by atoms with Crippen molar-refractivity contribution < 1.29 is 4.74 Å². The average Bonchev–Trinajstić information content (AvgIpc) is 2.38. The summed E-state index contributed by atoms with van der Waals surface area (Å²) >= 11 is 0. The maximum Gasteiger partial charge on any atom is 0.127 e. The predicted molar refractivity (Wildman–Crippen MR) is 69.7 cm³/mol. The van der Waals surface area contributed by atoms with E-state index in [-0.39, 0.29) is 0 Å². The van der Waals surface area contributed by atoms with Gasteiger partial charge in [0.1, 0.15) is 5.54 Å². The summed E-state index contributed by atoms with van der Waals surface area (Å²) in [7, 11) is 0. The molecule has 17 heavy (non-hydrogen) atoms. The highest BCUT2D eigenvalue weighted by Gasteiger charge is 2.23. The Morgan fingerprint density at radius 2 is 2.06 bits per heavy atom. The molecule has 0 spiro atoms. The van der Waals surface area contributed by atoms with Crippen LogP contribution in [0.1, 0.15) is 52.4 Å². The lowest BCUT2D eigenvalue weighted by atomic mass is 9.90. The van der Waals surface area contributed by atoms with Crippen LogP contribution in [0.4, 0.5) is 0 Å². The van der Waals surface area contributed by atoms with Gasteiger partial charge in [-0.05, 0) is 38.6 Å². The molecule has 1 atom stereocenters. The van der Waals surface area contributed by atoms with Crippen LogP contribution in [-0.2, 0) is 4.74 Å². The summed E-state index contributed by atoms with van der Waals surface area (Å²) in [5.74, 6) is 0.720. The summed E-state index contributed by atoms with van der Waals surface area (Å²) in [5, 5.41) is 12.4. The molecule has 0 saturated heterocycles. The van der Waals surface area contributed by atoms with Gasteiger partial charge in [-0.25, -0.2) is 0 Å². The smallest absolute Gasteiger partial charge is 0.127 e. The number of nitrogens with zero attached hydrogens (tertiary/aromatic N) is 1. The molecule has 0 bridgehead atoms. The van der Waals surface area contributed by atoms with Crippen molar-refractivity contribution in [3.63, 3.8) is 0 Å². The zero-order chi connectivity index (χ0) is 12.6. The highest BCUT2D eigenvalue weighted by atomic mass is 16.5. The van der Waals surface area contributed by atoms with Crippen LogP contribution in [0.3, 0.4) is 0 Å². The van der Waals surface area contributed by atoms with E-state index < -0.39 is 5.54 Å². The third-order valence-corrected chi connectivity index (χ3v) is 3.48. The van der Waals surface area contributed by atoms with Crippen molar-refractivity contribution in [2.45, 2.75) is 57.9 Å². The second kappa shape index (κ2) is 7.68. The Kier molecular flexibility index (Phi) is 6.54. The fourth-order valence-electron chi connectivity index (χ4n) is 2.31. The fourth-order valence-corrected chi connectivity index (χ4v) is 2.31. The van der Waals surface area contributed by atoms with Gasteiger partial charge in [-0.15, -0.1) is 0 Å². The molecular weight excluding hydrogens is 212 g/mol. The van der Waals surface area contributed by atoms with Crippen LogP contribution < -0.4 is 5.32 Å². The lowest BCUT2D eigenvalue weighted by Gasteiger charge is -2.26. The van der Waals surface area contributed by atoms with Gasteiger partial charge in [-0.1, -0.05) is 26.2 Å². The molecule has 1 unspecified atom stereocenters. The molecule has 98 valence electrons. The highest BCUT2D eigenvalue weighted by Crippen LogP contribution is 2.23. The SMILES string of the molecule is CCCNC(C)(C#N)COCC1CCCCC1. The van der Waals surface area contributed by atoms with Gasteiger partial charge in [0, 0.05) is 6.61 Å². The van der Waals surface area contributed by atoms with Crippen LogP contribution in [0.2, 0.25) is 0 Å². The van der Waals surface area contributed by atoms with E-state index in [9.17, 15) is 0 Å². The molecule has 1 aliphatic carbocycles. The molecule has 0 heterocycles. The molecule has 1 N–H and O–H groups in total. The van der Waals surface area contributed by atoms with Crippen molar-refractivity contribution in [1.29, 1.82) is 5.26 Å². The van der Waals surface area contributed by atoms with Crippen molar-refractivity contribution in [2.75, 3.05) is 19.8 Å². The molecule has 0 aliphatic heterocycles. The number of ether oxygens (including phenoxy) is 1. The summed E-state index contributed by atoms with van der Waals surface area (Å²) < 4.78 is 5.74. The van der Waals surface area contributed by atoms with E-state index in [1.165, 1.54) is 32.1 Å². The Hall–Kier alpha value is -0.590. The average molecular weight is 238 g/mol. The van der Waals surface area contributed by atoms with Gasteiger partial charge < -0.3 is 4.74 Å². The summed E-state index contributed by atoms with van der Waals surface area (Å²) in [6, 6.07) is 2.31. The standard InChI is InChI=1S/C14H26N2O/c1-3-9-16-14(2,11-15)12-17-10-13-7-5-4-6-8-13/h13,16H,3-10,12H2,1-2H3. The number of hydrogen-bond acceptors (Lipinski definition) is 3. The van der Waals surface area contributed by atoms with Gasteiger partial charge >= 0.3 is 0 Å². The van der Waals surface area contributed by atoms with Crippen molar-refractivity contribution in [1.82, 2.24) is 5.32 Å². The molecule has 0 radical (unpaired) electrons. The van der Waals surface area contributed by atoms with Gasteiger partial charge in [-0.2, -0.15) is 5.26 Å². The minimum atomic E-state index is -0.523. The number of rotatable bonds is 7. The third-order valence-electron chi connectivity index (χ3n) is 3.48. The van der Waals surface area contributed by atoms with E-state index in [1.807, 2.05) is 6.92 Å². The molecular formula is C14H26N2O. The predicted octanol–water partition coefficient (Wildman–Crippen LogP) is 2.87. The third kappa shape index (κ3) is 5.52. The first kappa shape index (κ1) is 14.5. The Balaban J connectivity index is 2.20. The molecule has 0 aromatic heterocycles. The largest absolute Gasteiger partial charge is 0.378 e. The molecule has 0 amide bonds. The topological polar surface area (TPSA) is 45.0 Å². The van der Waals surface area contributed by atoms with E-state index in [0.29, 0.717) is 6.61 Å². The number of nitrogens with one attached hydrogen (secondary N) is 1. The van der Waals surface area contributed by atoms with Crippen molar-refractivity contribution in [2.24, 2.45) is 5.92 Å². The van der Waals surface area contributed by atoms with E-state index >= 15 is 0 Å². The zero-order valence-electron chi connectivity index (χ0n) is 11.3. The first-order chi connectivity index (χ1) is 8.20. The van der Waals surface area contributed by atoms with Crippen LogP contribution in [0.15, 0.2) is 0 Å². The van der Waals surface area contributed by atoms with E-state index in [1.54, 1.807) is 0 Å². The number of hydrogen-bond donors (Lipinski definition) is 1. The Morgan fingerprint density at radius 3 is 2.65 bits per heavy atom. The fraction of sp³-hybridized carbons (Fsp3) is 0.929. The quantitative estimate of drug-likeness (QED) is 0.741.